The van der Waals surface area contributed by atoms with Crippen LogP contribution in [0.1, 0.15) is 35.6 Å². The van der Waals surface area contributed by atoms with Gasteiger partial charge < -0.3 is 19.9 Å². The number of aliphatic hydroxyl groups is 1. The van der Waals surface area contributed by atoms with E-state index in [2.05, 4.69) is 11.9 Å². The first-order chi connectivity index (χ1) is 18.8. The predicted molar refractivity (Wildman–Crippen MR) is 146 cm³/mol. The van der Waals surface area contributed by atoms with Crippen LogP contribution < -0.4 is 10.1 Å². The summed E-state index contributed by atoms with van der Waals surface area (Å²) in [5, 5.41) is 12.4. The molecule has 2 atom stereocenters. The number of rotatable bonds is 11. The van der Waals surface area contributed by atoms with E-state index in [1.165, 1.54) is 6.07 Å². The first kappa shape index (κ1) is 28.5. The van der Waals surface area contributed by atoms with Crippen molar-refractivity contribution in [1.29, 1.82) is 0 Å². The third kappa shape index (κ3) is 6.41. The number of nitrogens with one attached hydrogen (secondary N) is 1. The average molecular weight is 575 g/mol. The fourth-order valence-electron chi connectivity index (χ4n) is 4.22. The van der Waals surface area contributed by atoms with Crippen LogP contribution in [0.4, 0.5) is 8.78 Å². The van der Waals surface area contributed by atoms with Crippen molar-refractivity contribution >= 4 is 35.0 Å². The Hall–Kier alpha value is -3.46. The molecule has 2 N–H and O–H groups in total. The molecule has 1 aliphatic heterocycles. The molecule has 4 rings (SSSR count). The lowest BCUT2D eigenvalue weighted by Crippen LogP contribution is -2.48. The zero-order valence-electron chi connectivity index (χ0n) is 20.8. The minimum absolute atomic E-state index is 0.0264. The molecule has 0 radical (unpaired) electrons. The summed E-state index contributed by atoms with van der Waals surface area (Å²) in [6.07, 6.45) is 1.15. The smallest absolute Gasteiger partial charge is 0.252 e. The fraction of sp³-hybridized carbons (Fsp3) is 0.241. The van der Waals surface area contributed by atoms with Gasteiger partial charge in [0.25, 0.3) is 5.91 Å². The molecule has 0 saturated carbocycles. The van der Waals surface area contributed by atoms with Gasteiger partial charge in [0.15, 0.2) is 11.6 Å². The van der Waals surface area contributed by atoms with E-state index in [0.29, 0.717) is 34.9 Å². The SMILES string of the molecule is C=CC[C@@]1(C(=O)NCc2ccc(F)cc2F)N=C(c2ccc(OCCCO)cc2)O[C@@H]1c1ccc(Cl)cc1Cl. The average Bonchev–Trinajstić information content (AvgIpc) is 3.29. The van der Waals surface area contributed by atoms with Gasteiger partial charge in [0.05, 0.1) is 6.61 Å². The highest BCUT2D eigenvalue weighted by Gasteiger charge is 2.53. The maximum Gasteiger partial charge on any atom is 0.252 e. The zero-order valence-corrected chi connectivity index (χ0v) is 22.3. The molecule has 0 unspecified atom stereocenters. The lowest BCUT2D eigenvalue weighted by atomic mass is 9.84. The van der Waals surface area contributed by atoms with Crippen molar-refractivity contribution in [2.75, 3.05) is 13.2 Å². The molecule has 0 bridgehead atoms. The number of aliphatic imine (C=N–C) groups is 1. The Kier molecular flexibility index (Phi) is 9.22. The van der Waals surface area contributed by atoms with E-state index >= 15 is 0 Å². The Morgan fingerprint density at radius 1 is 1.15 bits per heavy atom. The predicted octanol–water partition coefficient (Wildman–Crippen LogP) is 6.18. The number of hydrogen-bond acceptors (Lipinski definition) is 5. The highest BCUT2D eigenvalue weighted by atomic mass is 35.5. The lowest BCUT2D eigenvalue weighted by molar-refractivity contribution is -0.129. The van der Waals surface area contributed by atoms with E-state index in [9.17, 15) is 13.6 Å². The van der Waals surface area contributed by atoms with Gasteiger partial charge in [-0.3, -0.25) is 4.79 Å². The van der Waals surface area contributed by atoms with Gasteiger partial charge in [-0.15, -0.1) is 6.58 Å². The van der Waals surface area contributed by atoms with Crippen LogP contribution >= 0.6 is 23.2 Å². The van der Waals surface area contributed by atoms with Crippen molar-refractivity contribution in [2.45, 2.75) is 31.0 Å². The standard InChI is InChI=1S/C29H26Cl2F2N2O4/c1-2-12-29(28(37)34-17-19-4-8-21(32)16-25(19)33)26(23-11-7-20(30)15-24(23)31)39-27(35-29)18-5-9-22(10-6-18)38-14-3-13-36/h2,4-11,15-16,26,36H,1,3,12-14,17H2,(H,34,37)/t26-,29-/m1/s1. The maximum absolute atomic E-state index is 14.3. The summed E-state index contributed by atoms with van der Waals surface area (Å²) in [6, 6.07) is 14.9. The van der Waals surface area contributed by atoms with E-state index < -0.39 is 29.2 Å². The molecule has 1 heterocycles. The van der Waals surface area contributed by atoms with E-state index in [1.54, 1.807) is 48.5 Å². The number of hydrogen-bond donors (Lipinski definition) is 2. The van der Waals surface area contributed by atoms with Crippen molar-refractivity contribution in [3.05, 3.63) is 112 Å². The third-order valence-electron chi connectivity index (χ3n) is 6.18. The molecular formula is C29H26Cl2F2N2O4. The summed E-state index contributed by atoms with van der Waals surface area (Å²) >= 11 is 12.6. The number of benzene rings is 3. The Bertz CT molecular complexity index is 1380. The van der Waals surface area contributed by atoms with Crippen LogP contribution in [-0.2, 0) is 16.1 Å². The van der Waals surface area contributed by atoms with Crippen LogP contribution in [0.5, 0.6) is 5.75 Å². The molecule has 0 saturated heterocycles. The fourth-order valence-corrected chi connectivity index (χ4v) is 4.73. The van der Waals surface area contributed by atoms with E-state index in [0.717, 1.165) is 12.1 Å². The van der Waals surface area contributed by atoms with Crippen LogP contribution in [0.3, 0.4) is 0 Å². The molecule has 0 spiro atoms. The molecule has 1 aliphatic rings. The van der Waals surface area contributed by atoms with Gasteiger partial charge in [-0.1, -0.05) is 41.4 Å². The molecule has 1 amide bonds. The molecule has 3 aromatic carbocycles. The Morgan fingerprint density at radius 2 is 1.92 bits per heavy atom. The second kappa shape index (κ2) is 12.6. The van der Waals surface area contributed by atoms with Crippen LogP contribution in [0, 0.1) is 11.6 Å². The summed E-state index contributed by atoms with van der Waals surface area (Å²) < 4.78 is 39.5. The normalized spacial score (nSPS) is 18.3. The summed E-state index contributed by atoms with van der Waals surface area (Å²) in [5.41, 5.74) is -0.363. The molecule has 6 nitrogen and oxygen atoms in total. The summed E-state index contributed by atoms with van der Waals surface area (Å²) in [5.74, 6) is -1.26. The summed E-state index contributed by atoms with van der Waals surface area (Å²) in [6.45, 7) is 4.00. The number of carbonyl (C=O) groups is 1. The van der Waals surface area contributed by atoms with Crippen LogP contribution in [-0.4, -0.2) is 35.7 Å². The molecule has 39 heavy (non-hydrogen) atoms. The minimum Gasteiger partial charge on any atom is -0.494 e. The highest BCUT2D eigenvalue weighted by Crippen LogP contribution is 2.45. The second-order valence-corrected chi connectivity index (χ2v) is 9.71. The number of ether oxygens (including phenoxy) is 2. The van der Waals surface area contributed by atoms with Crippen molar-refractivity contribution in [3.63, 3.8) is 0 Å². The monoisotopic (exact) mass is 574 g/mol. The minimum atomic E-state index is -1.54. The summed E-state index contributed by atoms with van der Waals surface area (Å²) in [4.78, 5) is 18.5. The number of halogens is 4. The molecule has 0 aromatic heterocycles. The van der Waals surface area contributed by atoms with Crippen LogP contribution in [0.2, 0.25) is 10.0 Å². The number of amides is 1. The Labute approximate surface area is 234 Å². The summed E-state index contributed by atoms with van der Waals surface area (Å²) in [7, 11) is 0. The Balaban J connectivity index is 1.70. The topological polar surface area (TPSA) is 80.2 Å². The van der Waals surface area contributed by atoms with E-state index in [4.69, 9.17) is 42.8 Å². The van der Waals surface area contributed by atoms with E-state index in [-0.39, 0.29) is 36.1 Å². The van der Waals surface area contributed by atoms with Gasteiger partial charge in [0.2, 0.25) is 5.90 Å². The number of nitrogens with zero attached hydrogens (tertiary/aromatic N) is 1. The van der Waals surface area contributed by atoms with Crippen molar-refractivity contribution in [1.82, 2.24) is 5.32 Å². The van der Waals surface area contributed by atoms with Crippen LogP contribution in [0.25, 0.3) is 0 Å². The largest absolute Gasteiger partial charge is 0.494 e. The van der Waals surface area contributed by atoms with Gasteiger partial charge in [-0.05, 0) is 42.5 Å². The van der Waals surface area contributed by atoms with Gasteiger partial charge >= 0.3 is 0 Å². The first-order valence-electron chi connectivity index (χ1n) is 12.2. The second-order valence-electron chi connectivity index (χ2n) is 8.87. The molecule has 0 aliphatic carbocycles. The first-order valence-corrected chi connectivity index (χ1v) is 12.9. The number of aliphatic hydroxyl groups excluding tert-OH is 1. The maximum atomic E-state index is 14.3. The third-order valence-corrected chi connectivity index (χ3v) is 6.75. The molecule has 10 heteroatoms. The molecule has 0 fully saturated rings. The number of carbonyl (C=O) groups excluding carboxylic acids is 1. The zero-order chi connectivity index (χ0) is 28.0. The van der Waals surface area contributed by atoms with Crippen molar-refractivity contribution < 1.29 is 28.2 Å². The molecular weight excluding hydrogens is 549 g/mol. The van der Waals surface area contributed by atoms with Gasteiger partial charge in [0, 0.05) is 58.8 Å². The lowest BCUT2D eigenvalue weighted by Gasteiger charge is -2.30. The quantitative estimate of drug-likeness (QED) is 0.211. The van der Waals surface area contributed by atoms with E-state index in [1.807, 2.05) is 0 Å². The van der Waals surface area contributed by atoms with Gasteiger partial charge in [-0.25, -0.2) is 13.8 Å². The van der Waals surface area contributed by atoms with Crippen molar-refractivity contribution in [2.24, 2.45) is 4.99 Å². The highest BCUT2D eigenvalue weighted by molar-refractivity contribution is 6.35. The van der Waals surface area contributed by atoms with Gasteiger partial charge in [-0.2, -0.15) is 0 Å². The van der Waals surface area contributed by atoms with Gasteiger partial charge in [0.1, 0.15) is 17.4 Å². The molecule has 3 aromatic rings. The molecule has 204 valence electrons. The Morgan fingerprint density at radius 3 is 2.59 bits per heavy atom. The van der Waals surface area contributed by atoms with Crippen LogP contribution in [0.15, 0.2) is 78.3 Å². The van der Waals surface area contributed by atoms with Crippen molar-refractivity contribution in [3.8, 4) is 5.75 Å².